The summed E-state index contributed by atoms with van der Waals surface area (Å²) in [4.78, 5) is 10.5. The molecule has 1 heterocycles. The van der Waals surface area contributed by atoms with Crippen LogP contribution in [0.4, 0.5) is 13.2 Å². The third-order valence-electron chi connectivity index (χ3n) is 1.27. The Morgan fingerprint density at radius 2 is 2.08 bits per heavy atom. The predicted molar refractivity (Wildman–Crippen MR) is 34.6 cm³/mol. The SMILES string of the molecule is Cc1cc(=O)[nH]nc1C(F)(F)F. The molecule has 0 saturated carbocycles. The number of H-pyrrole nitrogens is 1. The molecule has 0 aliphatic heterocycles. The molecule has 0 amide bonds. The molecule has 1 N–H and O–H groups in total. The molecule has 3 nitrogen and oxygen atoms in total. The van der Waals surface area contributed by atoms with E-state index in [0.717, 1.165) is 6.07 Å². The Balaban J connectivity index is 3.28. The van der Waals surface area contributed by atoms with Gasteiger partial charge in [0.2, 0.25) is 0 Å². The number of hydrogen-bond donors (Lipinski definition) is 1. The van der Waals surface area contributed by atoms with Crippen LogP contribution in [-0.2, 0) is 6.18 Å². The standard InChI is InChI=1S/C6H5F3N2O/c1-3-2-4(12)10-11-5(3)6(7,8)9/h2H,1H3,(H,10,12). The molecular formula is C6H5F3N2O. The van der Waals surface area contributed by atoms with Gasteiger partial charge < -0.3 is 0 Å². The zero-order valence-corrected chi connectivity index (χ0v) is 6.07. The average molecular weight is 178 g/mol. The second-order valence-corrected chi connectivity index (χ2v) is 2.26. The molecule has 0 atom stereocenters. The molecule has 0 spiro atoms. The molecule has 1 rings (SSSR count). The van der Waals surface area contributed by atoms with Gasteiger partial charge in [-0.3, -0.25) is 4.79 Å². The predicted octanol–water partition coefficient (Wildman–Crippen LogP) is 1.10. The highest BCUT2D eigenvalue weighted by Crippen LogP contribution is 2.28. The minimum absolute atomic E-state index is 0.175. The lowest BCUT2D eigenvalue weighted by atomic mass is 10.2. The average Bonchev–Trinajstić information content (AvgIpc) is 1.83. The molecule has 0 bridgehead atoms. The van der Waals surface area contributed by atoms with Crippen molar-refractivity contribution in [3.63, 3.8) is 0 Å². The lowest BCUT2D eigenvalue weighted by Crippen LogP contribution is -2.17. The normalized spacial score (nSPS) is 11.7. The van der Waals surface area contributed by atoms with E-state index in [2.05, 4.69) is 5.10 Å². The smallest absolute Gasteiger partial charge is 0.268 e. The van der Waals surface area contributed by atoms with Crippen LogP contribution in [0.25, 0.3) is 0 Å². The van der Waals surface area contributed by atoms with Crippen LogP contribution in [0, 0.1) is 6.92 Å². The maximum atomic E-state index is 12.0. The molecule has 1 aromatic heterocycles. The van der Waals surface area contributed by atoms with Crippen molar-refractivity contribution in [1.82, 2.24) is 10.2 Å². The number of hydrogen-bond acceptors (Lipinski definition) is 2. The van der Waals surface area contributed by atoms with Crippen LogP contribution in [0.3, 0.4) is 0 Å². The number of aromatic nitrogens is 2. The largest absolute Gasteiger partial charge is 0.435 e. The summed E-state index contributed by atoms with van der Waals surface area (Å²) in [6.45, 7) is 1.19. The number of rotatable bonds is 0. The molecule has 6 heteroatoms. The maximum absolute atomic E-state index is 12.0. The summed E-state index contributed by atoms with van der Waals surface area (Å²) in [5.74, 6) is 0. The van der Waals surface area contributed by atoms with Crippen LogP contribution in [0.1, 0.15) is 11.3 Å². The first kappa shape index (κ1) is 8.76. The topological polar surface area (TPSA) is 45.8 Å². The van der Waals surface area contributed by atoms with E-state index >= 15 is 0 Å². The van der Waals surface area contributed by atoms with E-state index in [1.165, 1.54) is 6.92 Å². The van der Waals surface area contributed by atoms with Crippen molar-refractivity contribution >= 4 is 0 Å². The van der Waals surface area contributed by atoms with Gasteiger partial charge in [-0.1, -0.05) is 0 Å². The van der Waals surface area contributed by atoms with Gasteiger partial charge in [0.05, 0.1) is 0 Å². The molecule has 0 saturated heterocycles. The molecule has 0 aliphatic rings. The summed E-state index contributed by atoms with van der Waals surface area (Å²) in [5.41, 5.74) is -1.87. The number of aryl methyl sites for hydroxylation is 1. The van der Waals surface area contributed by atoms with Gasteiger partial charge in [0.15, 0.2) is 5.69 Å². The number of nitrogens with zero attached hydrogens (tertiary/aromatic N) is 1. The Kier molecular flexibility index (Phi) is 1.91. The third kappa shape index (κ3) is 1.63. The molecule has 0 aromatic carbocycles. The monoisotopic (exact) mass is 178 g/mol. The van der Waals surface area contributed by atoms with E-state index in [-0.39, 0.29) is 5.56 Å². The fourth-order valence-electron chi connectivity index (χ4n) is 0.783. The molecule has 0 unspecified atom stereocenters. The number of nitrogens with one attached hydrogen (secondary N) is 1. The summed E-state index contributed by atoms with van der Waals surface area (Å²) in [6.07, 6.45) is -4.51. The summed E-state index contributed by atoms with van der Waals surface area (Å²) in [7, 11) is 0. The van der Waals surface area contributed by atoms with E-state index in [1.54, 1.807) is 5.10 Å². The minimum Gasteiger partial charge on any atom is -0.268 e. The quantitative estimate of drug-likeness (QED) is 0.646. The fourth-order valence-corrected chi connectivity index (χ4v) is 0.783. The van der Waals surface area contributed by atoms with Gasteiger partial charge in [-0.2, -0.15) is 18.3 Å². The van der Waals surface area contributed by atoms with Crippen LogP contribution in [0.15, 0.2) is 10.9 Å². The Hall–Kier alpha value is -1.33. The van der Waals surface area contributed by atoms with Crippen molar-refractivity contribution in [2.45, 2.75) is 13.1 Å². The Bertz CT molecular complexity index is 341. The van der Waals surface area contributed by atoms with Gasteiger partial charge in [0.25, 0.3) is 5.56 Å². The molecule has 0 fully saturated rings. The van der Waals surface area contributed by atoms with Gasteiger partial charge in [-0.05, 0) is 12.5 Å². The van der Waals surface area contributed by atoms with Crippen LogP contribution < -0.4 is 5.56 Å². The highest BCUT2D eigenvalue weighted by Gasteiger charge is 2.34. The van der Waals surface area contributed by atoms with Crippen LogP contribution in [0.5, 0.6) is 0 Å². The molecule has 0 radical (unpaired) electrons. The summed E-state index contributed by atoms with van der Waals surface area (Å²) >= 11 is 0. The third-order valence-corrected chi connectivity index (χ3v) is 1.27. The van der Waals surface area contributed by atoms with Crippen molar-refractivity contribution in [3.8, 4) is 0 Å². The molecular weight excluding hydrogens is 173 g/mol. The lowest BCUT2D eigenvalue weighted by molar-refractivity contribution is -0.142. The van der Waals surface area contributed by atoms with Crippen molar-refractivity contribution in [3.05, 3.63) is 27.7 Å². The minimum atomic E-state index is -4.51. The van der Waals surface area contributed by atoms with E-state index in [0.29, 0.717) is 0 Å². The first-order valence-corrected chi connectivity index (χ1v) is 3.05. The van der Waals surface area contributed by atoms with E-state index < -0.39 is 17.4 Å². The van der Waals surface area contributed by atoms with E-state index in [1.807, 2.05) is 0 Å². The van der Waals surface area contributed by atoms with Gasteiger partial charge in [0.1, 0.15) is 0 Å². The van der Waals surface area contributed by atoms with Gasteiger partial charge in [0, 0.05) is 6.07 Å². The van der Waals surface area contributed by atoms with Crippen molar-refractivity contribution in [2.75, 3.05) is 0 Å². The first-order chi connectivity index (χ1) is 5.41. The highest BCUT2D eigenvalue weighted by molar-refractivity contribution is 5.17. The van der Waals surface area contributed by atoms with Crippen LogP contribution in [-0.4, -0.2) is 10.2 Å². The summed E-state index contributed by atoms with van der Waals surface area (Å²) in [5, 5.41) is 4.61. The maximum Gasteiger partial charge on any atom is 0.435 e. The second kappa shape index (κ2) is 2.62. The van der Waals surface area contributed by atoms with Crippen molar-refractivity contribution < 1.29 is 13.2 Å². The Labute approximate surface area is 65.2 Å². The van der Waals surface area contributed by atoms with Gasteiger partial charge >= 0.3 is 6.18 Å². The lowest BCUT2D eigenvalue weighted by Gasteiger charge is -2.06. The molecule has 66 valence electrons. The van der Waals surface area contributed by atoms with Crippen molar-refractivity contribution in [1.29, 1.82) is 0 Å². The zero-order valence-electron chi connectivity index (χ0n) is 6.07. The molecule has 0 aliphatic carbocycles. The molecule has 1 aromatic rings. The van der Waals surface area contributed by atoms with Gasteiger partial charge in [-0.25, -0.2) is 5.10 Å². The van der Waals surface area contributed by atoms with Gasteiger partial charge in [-0.15, -0.1) is 0 Å². The summed E-state index contributed by atoms with van der Waals surface area (Å²) in [6, 6.07) is 0.857. The number of halogens is 3. The van der Waals surface area contributed by atoms with Crippen LogP contribution >= 0.6 is 0 Å². The van der Waals surface area contributed by atoms with E-state index in [4.69, 9.17) is 0 Å². The van der Waals surface area contributed by atoms with E-state index in [9.17, 15) is 18.0 Å². The Morgan fingerprint density at radius 3 is 2.50 bits per heavy atom. The summed E-state index contributed by atoms with van der Waals surface area (Å²) < 4.78 is 36.0. The zero-order chi connectivity index (χ0) is 9.35. The number of alkyl halides is 3. The fraction of sp³-hybridized carbons (Fsp3) is 0.333. The second-order valence-electron chi connectivity index (χ2n) is 2.26. The Morgan fingerprint density at radius 1 is 1.50 bits per heavy atom. The molecule has 12 heavy (non-hydrogen) atoms. The number of aromatic amines is 1. The van der Waals surface area contributed by atoms with Crippen molar-refractivity contribution in [2.24, 2.45) is 0 Å². The first-order valence-electron chi connectivity index (χ1n) is 3.05. The van der Waals surface area contributed by atoms with Crippen LogP contribution in [0.2, 0.25) is 0 Å². The highest BCUT2D eigenvalue weighted by atomic mass is 19.4.